The number of thiazole rings is 1. The second-order valence-electron chi connectivity index (χ2n) is 7.97. The zero-order valence-electron chi connectivity index (χ0n) is 17.4. The summed E-state index contributed by atoms with van der Waals surface area (Å²) in [5, 5.41) is 2.16. The van der Waals surface area contributed by atoms with Gasteiger partial charge in [0.2, 0.25) is 0 Å². The zero-order valence-corrected chi connectivity index (χ0v) is 19.0. The molecule has 0 radical (unpaired) electrons. The average molecular weight is 454 g/mol. The molecule has 0 N–H and O–H groups in total. The second-order valence-corrected chi connectivity index (χ2v) is 10.9. The van der Waals surface area contributed by atoms with E-state index in [0.29, 0.717) is 35.6 Å². The highest BCUT2D eigenvalue weighted by atomic mass is 32.2. The Morgan fingerprint density at radius 3 is 2.87 bits per heavy atom. The molecule has 4 rings (SSSR count). The number of hydrogen-bond acceptors (Lipinski definition) is 7. The van der Waals surface area contributed by atoms with Gasteiger partial charge in [-0.15, -0.1) is 11.3 Å². The van der Waals surface area contributed by atoms with Crippen LogP contribution in [0.15, 0.2) is 28.6 Å². The highest BCUT2D eigenvalue weighted by molar-refractivity contribution is 7.90. The van der Waals surface area contributed by atoms with E-state index in [1.807, 2.05) is 0 Å². The number of hydrogen-bond donors (Lipinski definition) is 0. The lowest BCUT2D eigenvalue weighted by atomic mass is 9.87. The van der Waals surface area contributed by atoms with Crippen molar-refractivity contribution in [3.8, 4) is 5.75 Å². The first-order valence-corrected chi connectivity index (χ1v) is 13.0. The summed E-state index contributed by atoms with van der Waals surface area (Å²) in [6.45, 7) is 4.25. The van der Waals surface area contributed by atoms with E-state index >= 15 is 4.39 Å². The van der Waals surface area contributed by atoms with E-state index in [0.717, 1.165) is 25.8 Å². The molecule has 2 aromatic rings. The molecule has 1 aliphatic carbocycles. The van der Waals surface area contributed by atoms with Gasteiger partial charge in [0.05, 0.1) is 12.2 Å². The summed E-state index contributed by atoms with van der Waals surface area (Å²) in [7, 11) is -1.71. The van der Waals surface area contributed by atoms with Crippen LogP contribution < -0.4 is 9.64 Å². The molecule has 1 aromatic heterocycles. The van der Waals surface area contributed by atoms with Crippen LogP contribution in [0.25, 0.3) is 0 Å². The molecule has 1 saturated carbocycles. The number of halogens is 1. The van der Waals surface area contributed by atoms with Crippen molar-refractivity contribution < 1.29 is 17.5 Å². The van der Waals surface area contributed by atoms with Crippen LogP contribution in [0.1, 0.15) is 37.6 Å². The molecule has 1 fully saturated rings. The summed E-state index contributed by atoms with van der Waals surface area (Å²) in [4.78, 5) is 8.30. The fraction of sp³-hybridized carbons (Fsp3) is 0.571. The van der Waals surface area contributed by atoms with Crippen LogP contribution in [0.5, 0.6) is 5.75 Å². The third kappa shape index (κ3) is 4.20. The number of rotatable bonds is 6. The normalized spacial score (nSPS) is 22.1. The van der Waals surface area contributed by atoms with E-state index in [1.165, 1.54) is 29.9 Å². The highest BCUT2D eigenvalue weighted by Crippen LogP contribution is 2.40. The van der Waals surface area contributed by atoms with Crippen molar-refractivity contribution in [3.05, 3.63) is 34.5 Å². The Balaban J connectivity index is 1.67. The predicted octanol–water partition coefficient (Wildman–Crippen LogP) is 3.72. The van der Waals surface area contributed by atoms with Crippen molar-refractivity contribution in [2.45, 2.75) is 55.3 Å². The maximum Gasteiger partial charge on any atom is 0.187 e. The summed E-state index contributed by atoms with van der Waals surface area (Å²) >= 11 is 1.25. The minimum Gasteiger partial charge on any atom is -0.490 e. The van der Waals surface area contributed by atoms with Crippen molar-refractivity contribution in [2.24, 2.45) is 0 Å². The van der Waals surface area contributed by atoms with Crippen LogP contribution in [-0.4, -0.2) is 57.1 Å². The average Bonchev–Trinajstić information content (AvgIpc) is 3.24. The zero-order chi connectivity index (χ0) is 21.3. The molecule has 9 heteroatoms. The van der Waals surface area contributed by atoms with Gasteiger partial charge < -0.3 is 14.5 Å². The van der Waals surface area contributed by atoms with Gasteiger partial charge in [-0.3, -0.25) is 0 Å². The number of fused-ring (bicyclic) bond motifs is 1. The Kier molecular flexibility index (Phi) is 6.31. The number of likely N-dealkylation sites (N-methyl/N-ethyl adjacent to an activating group) is 1. The van der Waals surface area contributed by atoms with Crippen LogP contribution in [0.3, 0.4) is 0 Å². The molecule has 2 aliphatic rings. The molecule has 164 valence electrons. The Morgan fingerprint density at radius 1 is 1.33 bits per heavy atom. The van der Waals surface area contributed by atoms with Crippen molar-refractivity contribution in [2.75, 3.05) is 31.6 Å². The predicted molar refractivity (Wildman–Crippen MR) is 117 cm³/mol. The van der Waals surface area contributed by atoms with E-state index in [1.54, 1.807) is 11.6 Å². The van der Waals surface area contributed by atoms with Gasteiger partial charge in [-0.05, 0) is 26.4 Å². The second kappa shape index (κ2) is 8.80. The van der Waals surface area contributed by atoms with Crippen LogP contribution in [0, 0.1) is 5.82 Å². The lowest BCUT2D eigenvalue weighted by Gasteiger charge is -2.46. The third-order valence-electron chi connectivity index (χ3n) is 6.20. The molecule has 1 aliphatic heterocycles. The molecule has 30 heavy (non-hydrogen) atoms. The Labute approximate surface area is 181 Å². The number of benzene rings is 1. The highest BCUT2D eigenvalue weighted by Gasteiger charge is 2.36. The fourth-order valence-electron chi connectivity index (χ4n) is 4.59. The smallest absolute Gasteiger partial charge is 0.187 e. The number of aromatic nitrogens is 1. The van der Waals surface area contributed by atoms with Crippen molar-refractivity contribution in [1.29, 1.82) is 0 Å². The molecule has 0 unspecified atom stereocenters. The SMILES string of the molecule is CCN(C)[C@H]1CCCC[C@@H]1N1CCOc2cc(S(=O)(=O)Cc3nccs3)c(F)cc21. The van der Waals surface area contributed by atoms with E-state index in [-0.39, 0.29) is 16.7 Å². The van der Waals surface area contributed by atoms with Crippen molar-refractivity contribution in [1.82, 2.24) is 9.88 Å². The maximum absolute atomic E-state index is 15.1. The molecule has 2 atom stereocenters. The molecule has 0 spiro atoms. The summed E-state index contributed by atoms with van der Waals surface area (Å²) in [5.41, 5.74) is 0.661. The number of ether oxygens (including phenoxy) is 1. The van der Waals surface area contributed by atoms with Gasteiger partial charge in [0.15, 0.2) is 9.84 Å². The number of anilines is 1. The van der Waals surface area contributed by atoms with Gasteiger partial charge >= 0.3 is 0 Å². The maximum atomic E-state index is 15.1. The van der Waals surface area contributed by atoms with E-state index in [4.69, 9.17) is 4.74 Å². The van der Waals surface area contributed by atoms with E-state index in [9.17, 15) is 8.42 Å². The van der Waals surface area contributed by atoms with Crippen LogP contribution in [0.4, 0.5) is 10.1 Å². The molecule has 2 heterocycles. The quantitative estimate of drug-likeness (QED) is 0.664. The lowest BCUT2D eigenvalue weighted by molar-refractivity contribution is 0.163. The van der Waals surface area contributed by atoms with Crippen molar-refractivity contribution >= 4 is 26.9 Å². The third-order valence-corrected chi connectivity index (χ3v) is 8.80. The van der Waals surface area contributed by atoms with Crippen LogP contribution in [0.2, 0.25) is 0 Å². The van der Waals surface area contributed by atoms with Gasteiger partial charge in [-0.25, -0.2) is 17.8 Å². The van der Waals surface area contributed by atoms with Gasteiger partial charge in [0.25, 0.3) is 0 Å². The van der Waals surface area contributed by atoms with Gasteiger partial charge in [-0.2, -0.15) is 0 Å². The molecule has 1 aromatic carbocycles. The van der Waals surface area contributed by atoms with Crippen LogP contribution in [-0.2, 0) is 15.6 Å². The number of nitrogens with zero attached hydrogens (tertiary/aromatic N) is 3. The standard InChI is InChI=1S/C21H28FN3O3S2/c1-3-24(2)16-6-4-5-7-17(16)25-9-10-28-19-13-20(15(22)12-18(19)25)30(26,27)14-21-23-8-11-29-21/h8,11-13,16-17H,3-7,9-10,14H2,1-2H3/t16-,17-/m0/s1. The van der Waals surface area contributed by atoms with E-state index < -0.39 is 15.7 Å². The Morgan fingerprint density at radius 2 is 2.13 bits per heavy atom. The molecular weight excluding hydrogens is 425 g/mol. The van der Waals surface area contributed by atoms with E-state index in [2.05, 4.69) is 28.8 Å². The summed E-state index contributed by atoms with van der Waals surface area (Å²) in [6, 6.07) is 3.37. The molecule has 6 nitrogen and oxygen atoms in total. The minimum atomic E-state index is -3.85. The van der Waals surface area contributed by atoms with Gasteiger partial charge in [0, 0.05) is 35.8 Å². The molecule has 0 amide bonds. The Bertz CT molecular complexity index is 982. The minimum absolute atomic E-state index is 0.267. The monoisotopic (exact) mass is 453 g/mol. The first-order chi connectivity index (χ1) is 14.4. The topological polar surface area (TPSA) is 62.7 Å². The lowest BCUT2D eigenvalue weighted by Crippen LogP contribution is -2.54. The van der Waals surface area contributed by atoms with Gasteiger partial charge in [0.1, 0.15) is 33.8 Å². The first-order valence-electron chi connectivity index (χ1n) is 10.4. The van der Waals surface area contributed by atoms with Gasteiger partial charge in [-0.1, -0.05) is 19.8 Å². The fourth-order valence-corrected chi connectivity index (χ4v) is 6.93. The molecule has 0 bridgehead atoms. The largest absolute Gasteiger partial charge is 0.490 e. The first kappa shape index (κ1) is 21.5. The van der Waals surface area contributed by atoms with Crippen LogP contribution >= 0.6 is 11.3 Å². The number of sulfone groups is 1. The van der Waals surface area contributed by atoms with Crippen molar-refractivity contribution in [3.63, 3.8) is 0 Å². The Hall–Kier alpha value is -1.71. The summed E-state index contributed by atoms with van der Waals surface area (Å²) < 4.78 is 46.5. The molecule has 0 saturated heterocycles. The summed E-state index contributed by atoms with van der Waals surface area (Å²) in [6.07, 6.45) is 6.05. The summed E-state index contributed by atoms with van der Waals surface area (Å²) in [5.74, 6) is -0.586. The molecular formula is C21H28FN3O3S2.